The third-order valence-electron chi connectivity index (χ3n) is 4.70. The number of nitrogens with one attached hydrogen (secondary N) is 2. The first-order valence-corrected chi connectivity index (χ1v) is 10.2. The van der Waals surface area contributed by atoms with E-state index in [-0.39, 0.29) is 5.75 Å². The van der Waals surface area contributed by atoms with Gasteiger partial charge in [0.2, 0.25) is 0 Å². The van der Waals surface area contributed by atoms with Crippen molar-refractivity contribution in [1.82, 2.24) is 5.48 Å². The van der Waals surface area contributed by atoms with E-state index in [1.165, 1.54) is 17.6 Å². The van der Waals surface area contributed by atoms with Crippen LogP contribution in [0.2, 0.25) is 0 Å². The minimum absolute atomic E-state index is 0.111. The van der Waals surface area contributed by atoms with Crippen LogP contribution in [0.3, 0.4) is 0 Å². The molecule has 160 valence electrons. The lowest BCUT2D eigenvalue weighted by Crippen LogP contribution is -2.22. The first-order chi connectivity index (χ1) is 14.9. The molecule has 0 aliphatic heterocycles. The molecule has 0 saturated carbocycles. The number of benzene rings is 3. The van der Waals surface area contributed by atoms with E-state index in [1.54, 1.807) is 49.4 Å². The van der Waals surface area contributed by atoms with Gasteiger partial charge in [-0.3, -0.25) is 15.3 Å². The van der Waals surface area contributed by atoms with E-state index in [9.17, 15) is 14.7 Å². The zero-order valence-corrected chi connectivity index (χ0v) is 18.2. The molecule has 31 heavy (non-hydrogen) atoms. The maximum atomic E-state index is 12.6. The van der Waals surface area contributed by atoms with Gasteiger partial charge in [0.25, 0.3) is 5.91 Å². The van der Waals surface area contributed by atoms with Crippen LogP contribution in [0.5, 0.6) is 5.75 Å². The number of halogens is 1. The second-order valence-corrected chi connectivity index (χ2v) is 7.79. The molecule has 0 fully saturated rings. The highest BCUT2D eigenvalue weighted by atomic mass is 79.9. The number of amides is 2. The average Bonchev–Trinajstić information content (AvgIpc) is 2.78. The van der Waals surface area contributed by atoms with Crippen molar-refractivity contribution >= 4 is 44.4 Å². The van der Waals surface area contributed by atoms with Crippen LogP contribution in [0.1, 0.15) is 18.6 Å². The summed E-state index contributed by atoms with van der Waals surface area (Å²) in [6, 6.07) is 17.5. The molecule has 0 bridgehead atoms. The lowest BCUT2D eigenvalue weighted by molar-refractivity contribution is -0.124. The Bertz CT molecular complexity index is 1110. The quantitative estimate of drug-likeness (QED) is 0.216. The van der Waals surface area contributed by atoms with Crippen molar-refractivity contribution in [2.24, 2.45) is 5.92 Å². The van der Waals surface area contributed by atoms with Gasteiger partial charge in [-0.25, -0.2) is 10.3 Å². The fourth-order valence-corrected chi connectivity index (χ4v) is 3.45. The molecule has 3 rings (SSSR count). The van der Waals surface area contributed by atoms with Crippen LogP contribution >= 0.6 is 15.9 Å². The van der Waals surface area contributed by atoms with Crippen molar-refractivity contribution < 1.29 is 24.6 Å². The number of aromatic hydroxyl groups is 1. The van der Waals surface area contributed by atoms with Gasteiger partial charge in [-0.05, 0) is 35.7 Å². The molecule has 2 amide bonds. The lowest BCUT2D eigenvalue weighted by Gasteiger charge is -2.24. The fraction of sp³-hybridized carbons (Fsp3) is 0.130. The van der Waals surface area contributed by atoms with Crippen molar-refractivity contribution in [3.63, 3.8) is 0 Å². The molecule has 3 aromatic carbocycles. The van der Waals surface area contributed by atoms with E-state index in [4.69, 9.17) is 9.94 Å². The maximum Gasteiger partial charge on any atom is 0.412 e. The third kappa shape index (κ3) is 5.62. The number of phenols is 1. The predicted octanol–water partition coefficient (Wildman–Crippen LogP) is 5.30. The standard InChI is InChI=1S/C23H21BrN2O5/c1-14(6-13-21(28)26-30)22(31-23(29)25-16-9-7-15(24)8-10-16)19-11-12-20(27)18-5-3-2-4-17(18)19/h2-14,22,27,30H,1H3,(H,25,29)(H,26,28)/b13-6+/t14-,22+/m0/s1. The molecule has 7 nitrogen and oxygen atoms in total. The molecule has 0 heterocycles. The van der Waals surface area contributed by atoms with Gasteiger partial charge < -0.3 is 9.84 Å². The summed E-state index contributed by atoms with van der Waals surface area (Å²) in [6.45, 7) is 1.78. The molecular formula is C23H21BrN2O5. The van der Waals surface area contributed by atoms with Crippen molar-refractivity contribution in [2.75, 3.05) is 5.32 Å². The zero-order chi connectivity index (χ0) is 22.4. The van der Waals surface area contributed by atoms with Crippen LogP contribution in [-0.4, -0.2) is 22.3 Å². The SMILES string of the molecule is C[C@@H](/C=C/C(=O)NO)[C@@H](OC(=O)Nc1ccc(Br)cc1)c1ccc(O)c2ccccc12. The van der Waals surface area contributed by atoms with Crippen LogP contribution in [0.15, 0.2) is 77.3 Å². The summed E-state index contributed by atoms with van der Waals surface area (Å²) in [5.74, 6) is -1.01. The van der Waals surface area contributed by atoms with Crippen LogP contribution in [-0.2, 0) is 9.53 Å². The Morgan fingerprint density at radius 3 is 2.39 bits per heavy atom. The van der Waals surface area contributed by atoms with E-state index in [0.717, 1.165) is 15.9 Å². The molecule has 0 saturated heterocycles. The number of fused-ring (bicyclic) bond motifs is 1. The van der Waals surface area contributed by atoms with Gasteiger partial charge in [0, 0.05) is 33.1 Å². The number of carbonyl (C=O) groups excluding carboxylic acids is 2. The summed E-state index contributed by atoms with van der Waals surface area (Å²) in [5.41, 5.74) is 2.76. The van der Waals surface area contributed by atoms with E-state index in [0.29, 0.717) is 16.6 Å². The molecule has 0 radical (unpaired) electrons. The fourth-order valence-electron chi connectivity index (χ4n) is 3.18. The van der Waals surface area contributed by atoms with Gasteiger partial charge in [-0.1, -0.05) is 59.3 Å². The molecular weight excluding hydrogens is 464 g/mol. The van der Waals surface area contributed by atoms with Crippen molar-refractivity contribution in [3.8, 4) is 5.75 Å². The normalized spacial score (nSPS) is 13.0. The molecule has 0 aromatic heterocycles. The molecule has 3 aromatic rings. The Morgan fingerprint density at radius 1 is 1.03 bits per heavy atom. The minimum atomic E-state index is -0.774. The van der Waals surface area contributed by atoms with Gasteiger partial charge in [-0.2, -0.15) is 0 Å². The van der Waals surface area contributed by atoms with Gasteiger partial charge in [-0.15, -0.1) is 0 Å². The largest absolute Gasteiger partial charge is 0.507 e. The monoisotopic (exact) mass is 484 g/mol. The highest BCUT2D eigenvalue weighted by molar-refractivity contribution is 9.10. The summed E-state index contributed by atoms with van der Waals surface area (Å²) < 4.78 is 6.63. The first kappa shape index (κ1) is 22.3. The Balaban J connectivity index is 1.94. The summed E-state index contributed by atoms with van der Waals surface area (Å²) in [6.07, 6.45) is 1.25. The van der Waals surface area contributed by atoms with E-state index in [2.05, 4.69) is 21.2 Å². The van der Waals surface area contributed by atoms with Crippen molar-refractivity contribution in [2.45, 2.75) is 13.0 Å². The van der Waals surface area contributed by atoms with Crippen LogP contribution in [0.4, 0.5) is 10.5 Å². The average molecular weight is 485 g/mol. The highest BCUT2D eigenvalue weighted by Gasteiger charge is 2.25. The molecule has 0 spiro atoms. The van der Waals surface area contributed by atoms with E-state index < -0.39 is 24.0 Å². The number of anilines is 1. The Labute approximate surface area is 187 Å². The number of hydrogen-bond acceptors (Lipinski definition) is 5. The summed E-state index contributed by atoms with van der Waals surface area (Å²) in [5, 5.41) is 23.0. The Hall–Kier alpha value is -3.36. The van der Waals surface area contributed by atoms with Gasteiger partial charge in [0.1, 0.15) is 11.9 Å². The number of rotatable bonds is 6. The molecule has 4 N–H and O–H groups in total. The van der Waals surface area contributed by atoms with E-state index in [1.807, 2.05) is 12.1 Å². The smallest absolute Gasteiger partial charge is 0.412 e. The molecule has 0 aliphatic rings. The molecule has 0 unspecified atom stereocenters. The number of carbonyl (C=O) groups is 2. The number of ether oxygens (including phenoxy) is 1. The Kier molecular flexibility index (Phi) is 7.28. The Morgan fingerprint density at radius 2 is 1.71 bits per heavy atom. The number of hydroxylamine groups is 1. The van der Waals surface area contributed by atoms with Crippen LogP contribution < -0.4 is 10.8 Å². The molecule has 0 aliphatic carbocycles. The third-order valence-corrected chi connectivity index (χ3v) is 5.23. The summed E-state index contributed by atoms with van der Waals surface area (Å²) in [4.78, 5) is 24.1. The second kappa shape index (κ2) is 10.1. The minimum Gasteiger partial charge on any atom is -0.507 e. The molecule has 8 heteroatoms. The first-order valence-electron chi connectivity index (χ1n) is 9.45. The topological polar surface area (TPSA) is 108 Å². The number of phenolic OH excluding ortho intramolecular Hbond substituents is 1. The van der Waals surface area contributed by atoms with Crippen LogP contribution in [0.25, 0.3) is 10.8 Å². The maximum absolute atomic E-state index is 12.6. The lowest BCUT2D eigenvalue weighted by atomic mass is 9.92. The second-order valence-electron chi connectivity index (χ2n) is 6.87. The molecule has 2 atom stereocenters. The van der Waals surface area contributed by atoms with Gasteiger partial charge in [0.05, 0.1) is 0 Å². The summed E-state index contributed by atoms with van der Waals surface area (Å²) in [7, 11) is 0. The van der Waals surface area contributed by atoms with Crippen LogP contribution in [0, 0.1) is 5.92 Å². The zero-order valence-electron chi connectivity index (χ0n) is 16.6. The summed E-state index contributed by atoms with van der Waals surface area (Å²) >= 11 is 3.34. The highest BCUT2D eigenvalue weighted by Crippen LogP contribution is 2.36. The van der Waals surface area contributed by atoms with Gasteiger partial charge in [0.15, 0.2) is 0 Å². The number of hydrogen-bond donors (Lipinski definition) is 4. The van der Waals surface area contributed by atoms with Crippen molar-refractivity contribution in [3.05, 3.63) is 82.9 Å². The predicted molar refractivity (Wildman–Crippen MR) is 121 cm³/mol. The van der Waals surface area contributed by atoms with Gasteiger partial charge >= 0.3 is 6.09 Å². The van der Waals surface area contributed by atoms with Crippen molar-refractivity contribution in [1.29, 1.82) is 0 Å². The van der Waals surface area contributed by atoms with E-state index >= 15 is 0 Å².